The lowest BCUT2D eigenvalue weighted by atomic mass is 10.1. The molecule has 0 radical (unpaired) electrons. The van der Waals surface area contributed by atoms with Gasteiger partial charge in [0.15, 0.2) is 0 Å². The number of hydrogen-bond acceptors (Lipinski definition) is 7. The monoisotopic (exact) mass is 377 g/mol. The van der Waals surface area contributed by atoms with Crippen LogP contribution in [0.1, 0.15) is 50.4 Å². The number of unbranched alkanes of at least 4 members (excludes halogenated alkanes) is 1. The van der Waals surface area contributed by atoms with Crippen LogP contribution in [0.3, 0.4) is 0 Å². The SMILES string of the molecule is CCCC/C(C(=O)OCC)=C(/Nc1cccc(C(=O)OC)c1)C(=O)OCC. The third-order valence-electron chi connectivity index (χ3n) is 3.64. The fraction of sp³-hybridized carbons (Fsp3) is 0.450. The first-order valence-electron chi connectivity index (χ1n) is 9.01. The second-order valence-electron chi connectivity index (χ2n) is 5.60. The molecule has 0 spiro atoms. The zero-order chi connectivity index (χ0) is 20.2. The molecule has 0 aliphatic rings. The van der Waals surface area contributed by atoms with Crippen LogP contribution in [-0.4, -0.2) is 38.2 Å². The number of esters is 3. The fourth-order valence-corrected chi connectivity index (χ4v) is 2.34. The quantitative estimate of drug-likeness (QED) is 0.379. The van der Waals surface area contributed by atoms with Crippen molar-refractivity contribution >= 4 is 23.6 Å². The normalized spacial score (nSPS) is 11.3. The number of ether oxygens (including phenoxy) is 3. The summed E-state index contributed by atoms with van der Waals surface area (Å²) in [6.45, 7) is 5.73. The van der Waals surface area contributed by atoms with E-state index in [1.54, 1.807) is 32.0 Å². The smallest absolute Gasteiger partial charge is 0.355 e. The molecule has 1 N–H and O–H groups in total. The van der Waals surface area contributed by atoms with Crippen LogP contribution in [0.25, 0.3) is 0 Å². The molecule has 1 aromatic carbocycles. The summed E-state index contributed by atoms with van der Waals surface area (Å²) in [6.07, 6.45) is 1.92. The zero-order valence-electron chi connectivity index (χ0n) is 16.3. The van der Waals surface area contributed by atoms with E-state index in [1.165, 1.54) is 13.2 Å². The van der Waals surface area contributed by atoms with Crippen molar-refractivity contribution in [3.8, 4) is 0 Å². The van der Waals surface area contributed by atoms with Crippen LogP contribution < -0.4 is 5.32 Å². The van der Waals surface area contributed by atoms with Gasteiger partial charge in [-0.3, -0.25) is 0 Å². The van der Waals surface area contributed by atoms with Crippen LogP contribution in [0.4, 0.5) is 5.69 Å². The van der Waals surface area contributed by atoms with Crippen molar-refractivity contribution in [1.82, 2.24) is 0 Å². The summed E-state index contributed by atoms with van der Waals surface area (Å²) in [5, 5.41) is 2.93. The third-order valence-corrected chi connectivity index (χ3v) is 3.64. The lowest BCUT2D eigenvalue weighted by molar-refractivity contribution is -0.141. The maximum atomic E-state index is 12.5. The van der Waals surface area contributed by atoms with Crippen molar-refractivity contribution in [1.29, 1.82) is 0 Å². The largest absolute Gasteiger partial charge is 0.465 e. The molecule has 0 fully saturated rings. The minimum absolute atomic E-state index is 0.0192. The molecule has 0 saturated carbocycles. The highest BCUT2D eigenvalue weighted by atomic mass is 16.5. The van der Waals surface area contributed by atoms with Crippen LogP contribution in [0.15, 0.2) is 35.5 Å². The Morgan fingerprint density at radius 1 is 1.00 bits per heavy atom. The first-order valence-corrected chi connectivity index (χ1v) is 9.01. The number of carbonyl (C=O) groups is 3. The van der Waals surface area contributed by atoms with Crippen molar-refractivity contribution < 1.29 is 28.6 Å². The van der Waals surface area contributed by atoms with Gasteiger partial charge in [0.05, 0.1) is 31.5 Å². The van der Waals surface area contributed by atoms with Gasteiger partial charge in [-0.1, -0.05) is 19.4 Å². The van der Waals surface area contributed by atoms with Gasteiger partial charge >= 0.3 is 17.9 Å². The average Bonchev–Trinajstić information content (AvgIpc) is 2.67. The number of rotatable bonds is 10. The minimum atomic E-state index is -0.653. The lowest BCUT2D eigenvalue weighted by Gasteiger charge is -2.16. The van der Waals surface area contributed by atoms with Gasteiger partial charge in [-0.15, -0.1) is 0 Å². The zero-order valence-corrected chi connectivity index (χ0v) is 16.3. The van der Waals surface area contributed by atoms with E-state index in [0.717, 1.165) is 6.42 Å². The van der Waals surface area contributed by atoms with Crippen LogP contribution in [0.5, 0.6) is 0 Å². The van der Waals surface area contributed by atoms with Gasteiger partial charge in [0.1, 0.15) is 5.70 Å². The predicted molar refractivity (Wildman–Crippen MR) is 101 cm³/mol. The average molecular weight is 377 g/mol. The molecule has 0 heterocycles. The van der Waals surface area contributed by atoms with Crippen LogP contribution >= 0.6 is 0 Å². The molecule has 0 aliphatic carbocycles. The molecular formula is C20H27NO6. The van der Waals surface area contributed by atoms with E-state index in [1.807, 2.05) is 6.92 Å². The molecule has 148 valence electrons. The summed E-state index contributed by atoms with van der Waals surface area (Å²) in [4.78, 5) is 36.6. The lowest BCUT2D eigenvalue weighted by Crippen LogP contribution is -2.22. The molecular weight excluding hydrogens is 350 g/mol. The summed E-state index contributed by atoms with van der Waals surface area (Å²) >= 11 is 0. The standard InChI is InChI=1S/C20H27NO6/c1-5-8-12-16(19(23)26-6-2)17(20(24)27-7-3)21-15-11-9-10-14(13-15)18(22)25-4/h9-11,13,21H,5-8,12H2,1-4H3/b17-16-. The highest BCUT2D eigenvalue weighted by Gasteiger charge is 2.23. The van der Waals surface area contributed by atoms with Gasteiger partial charge in [0.2, 0.25) is 0 Å². The summed E-state index contributed by atoms with van der Waals surface area (Å²) < 4.78 is 14.9. The van der Waals surface area contributed by atoms with E-state index in [9.17, 15) is 14.4 Å². The maximum absolute atomic E-state index is 12.5. The number of hydrogen-bond donors (Lipinski definition) is 1. The Balaban J connectivity index is 3.34. The van der Waals surface area contributed by atoms with Gasteiger partial charge in [0, 0.05) is 5.69 Å². The summed E-state index contributed by atoms with van der Waals surface area (Å²) in [7, 11) is 1.29. The number of nitrogens with one attached hydrogen (secondary N) is 1. The van der Waals surface area contributed by atoms with E-state index in [4.69, 9.17) is 14.2 Å². The van der Waals surface area contributed by atoms with Gasteiger partial charge in [-0.25, -0.2) is 14.4 Å². The second kappa shape index (κ2) is 11.7. The molecule has 0 atom stereocenters. The van der Waals surface area contributed by atoms with Crippen LogP contribution in [0.2, 0.25) is 0 Å². The first kappa shape index (κ1) is 22.2. The highest BCUT2D eigenvalue weighted by Crippen LogP contribution is 2.21. The molecule has 0 aromatic heterocycles. The summed E-state index contributed by atoms with van der Waals surface area (Å²) in [6, 6.07) is 6.45. The van der Waals surface area contributed by atoms with E-state index in [2.05, 4.69) is 5.32 Å². The maximum Gasteiger partial charge on any atom is 0.355 e. The van der Waals surface area contributed by atoms with Crippen molar-refractivity contribution in [2.45, 2.75) is 40.0 Å². The molecule has 1 rings (SSSR count). The molecule has 27 heavy (non-hydrogen) atoms. The van der Waals surface area contributed by atoms with E-state index < -0.39 is 17.9 Å². The topological polar surface area (TPSA) is 90.9 Å². The van der Waals surface area contributed by atoms with Gasteiger partial charge < -0.3 is 19.5 Å². The number of anilines is 1. The molecule has 7 heteroatoms. The number of methoxy groups -OCH3 is 1. The Morgan fingerprint density at radius 2 is 1.67 bits per heavy atom. The minimum Gasteiger partial charge on any atom is -0.465 e. The van der Waals surface area contributed by atoms with Gasteiger partial charge in [-0.2, -0.15) is 0 Å². The van der Waals surface area contributed by atoms with Gasteiger partial charge in [-0.05, 0) is 44.9 Å². The Bertz CT molecular complexity index is 695. The Morgan fingerprint density at radius 3 is 2.26 bits per heavy atom. The fourth-order valence-electron chi connectivity index (χ4n) is 2.34. The molecule has 0 bridgehead atoms. The van der Waals surface area contributed by atoms with E-state index >= 15 is 0 Å². The van der Waals surface area contributed by atoms with Crippen molar-refractivity contribution in [2.24, 2.45) is 0 Å². The highest BCUT2D eigenvalue weighted by molar-refractivity contribution is 6.02. The third kappa shape index (κ3) is 6.77. The van der Waals surface area contributed by atoms with Crippen molar-refractivity contribution in [3.63, 3.8) is 0 Å². The molecule has 0 aliphatic heterocycles. The predicted octanol–water partition coefficient (Wildman–Crippen LogP) is 3.46. The van der Waals surface area contributed by atoms with Crippen LogP contribution in [-0.2, 0) is 23.8 Å². The Kier molecular flexibility index (Phi) is 9.64. The molecule has 0 amide bonds. The second-order valence-corrected chi connectivity index (χ2v) is 5.60. The summed E-state index contributed by atoms with van der Waals surface area (Å²) in [5.74, 6) is -1.72. The van der Waals surface area contributed by atoms with Crippen molar-refractivity contribution in [2.75, 3.05) is 25.6 Å². The van der Waals surface area contributed by atoms with E-state index in [0.29, 0.717) is 24.1 Å². The Labute approximate surface area is 159 Å². The molecule has 7 nitrogen and oxygen atoms in total. The Hall–Kier alpha value is -2.83. The van der Waals surface area contributed by atoms with Crippen LogP contribution in [0, 0.1) is 0 Å². The van der Waals surface area contributed by atoms with Gasteiger partial charge in [0.25, 0.3) is 0 Å². The number of carbonyl (C=O) groups excluding carboxylic acids is 3. The molecule has 1 aromatic rings. The molecule has 0 saturated heterocycles. The first-order chi connectivity index (χ1) is 13.0. The van der Waals surface area contributed by atoms with Crippen molar-refractivity contribution in [3.05, 3.63) is 41.1 Å². The number of benzene rings is 1. The van der Waals surface area contributed by atoms with E-state index in [-0.39, 0.29) is 24.5 Å². The molecule has 0 unspecified atom stereocenters. The summed E-state index contributed by atoms with van der Waals surface area (Å²) in [5.41, 5.74) is 1.02.